The van der Waals surface area contributed by atoms with Crippen LogP contribution in [-0.2, 0) is 11.2 Å². The molecule has 1 unspecified atom stereocenters. The van der Waals surface area contributed by atoms with Crippen molar-refractivity contribution < 1.29 is 4.79 Å². The summed E-state index contributed by atoms with van der Waals surface area (Å²) < 4.78 is 0.892. The van der Waals surface area contributed by atoms with Crippen LogP contribution in [0.3, 0.4) is 0 Å². The van der Waals surface area contributed by atoms with Gasteiger partial charge in [-0.05, 0) is 34.0 Å². The Morgan fingerprint density at radius 1 is 1.60 bits per heavy atom. The molecule has 0 spiro atoms. The lowest BCUT2D eigenvalue weighted by molar-refractivity contribution is -0.120. The van der Waals surface area contributed by atoms with Gasteiger partial charge in [-0.1, -0.05) is 12.1 Å². The third kappa shape index (κ3) is 1.88. The van der Waals surface area contributed by atoms with E-state index in [0.717, 1.165) is 15.7 Å². The van der Waals surface area contributed by atoms with Crippen molar-refractivity contribution in [1.29, 1.82) is 5.26 Å². The molecule has 15 heavy (non-hydrogen) atoms. The number of hydrogen-bond acceptors (Lipinski definition) is 2. The molecule has 76 valence electrons. The maximum atomic E-state index is 11.6. The molecule has 1 aromatic rings. The first-order valence-corrected chi connectivity index (χ1v) is 5.47. The number of carbonyl (C=O) groups excluding carboxylic acids is 1. The van der Waals surface area contributed by atoms with Crippen LogP contribution >= 0.6 is 15.9 Å². The van der Waals surface area contributed by atoms with E-state index in [1.54, 1.807) is 0 Å². The summed E-state index contributed by atoms with van der Waals surface area (Å²) in [6.45, 7) is 0. The van der Waals surface area contributed by atoms with Crippen LogP contribution in [0, 0.1) is 17.2 Å². The lowest BCUT2D eigenvalue weighted by Gasteiger charge is -2.23. The van der Waals surface area contributed by atoms with Crippen molar-refractivity contribution >= 4 is 27.5 Å². The molecule has 1 N–H and O–H groups in total. The van der Waals surface area contributed by atoms with Crippen molar-refractivity contribution in [2.24, 2.45) is 5.92 Å². The predicted octanol–water partition coefficient (Wildman–Crippen LogP) is 2.47. The van der Waals surface area contributed by atoms with Gasteiger partial charge in [0.25, 0.3) is 0 Å². The second kappa shape index (κ2) is 4.03. The van der Waals surface area contributed by atoms with Crippen LogP contribution in [0.2, 0.25) is 0 Å². The van der Waals surface area contributed by atoms with Gasteiger partial charge in [-0.3, -0.25) is 4.79 Å². The summed E-state index contributed by atoms with van der Waals surface area (Å²) in [6, 6.07) is 7.84. The number of anilines is 1. The maximum absolute atomic E-state index is 11.6. The first-order valence-electron chi connectivity index (χ1n) is 4.67. The summed E-state index contributed by atoms with van der Waals surface area (Å²) in [5, 5.41) is 11.4. The van der Waals surface area contributed by atoms with Crippen LogP contribution in [0.1, 0.15) is 12.0 Å². The summed E-state index contributed by atoms with van der Waals surface area (Å²) in [7, 11) is 0. The molecule has 1 aliphatic rings. The summed E-state index contributed by atoms with van der Waals surface area (Å²) in [5.74, 6) is -0.271. The van der Waals surface area contributed by atoms with E-state index in [1.165, 1.54) is 0 Å². The number of benzene rings is 1. The minimum Gasteiger partial charge on any atom is -0.325 e. The predicted molar refractivity (Wildman–Crippen MR) is 60.2 cm³/mol. The lowest BCUT2D eigenvalue weighted by Crippen LogP contribution is -2.29. The lowest BCUT2D eigenvalue weighted by atomic mass is 9.91. The van der Waals surface area contributed by atoms with Gasteiger partial charge < -0.3 is 5.32 Å². The van der Waals surface area contributed by atoms with Gasteiger partial charge in [-0.2, -0.15) is 5.26 Å². The SMILES string of the molecule is N#CCC1Cc2cccc(Br)c2NC1=O. The Labute approximate surface area is 96.2 Å². The van der Waals surface area contributed by atoms with Crippen LogP contribution in [0.15, 0.2) is 22.7 Å². The van der Waals surface area contributed by atoms with Gasteiger partial charge in [0.1, 0.15) is 0 Å². The first kappa shape index (κ1) is 10.2. The molecule has 1 heterocycles. The minimum atomic E-state index is -0.211. The van der Waals surface area contributed by atoms with Gasteiger partial charge >= 0.3 is 0 Å². The van der Waals surface area contributed by atoms with E-state index < -0.39 is 0 Å². The molecule has 0 bridgehead atoms. The van der Waals surface area contributed by atoms with Gasteiger partial charge in [0.05, 0.1) is 17.7 Å². The van der Waals surface area contributed by atoms with Gasteiger partial charge in [-0.15, -0.1) is 0 Å². The molecule has 4 heteroatoms. The number of hydrogen-bond donors (Lipinski definition) is 1. The number of fused-ring (bicyclic) bond motifs is 1. The average Bonchev–Trinajstić information content (AvgIpc) is 2.21. The summed E-state index contributed by atoms with van der Waals surface area (Å²) >= 11 is 3.39. The highest BCUT2D eigenvalue weighted by Crippen LogP contribution is 2.32. The molecule has 3 nitrogen and oxygen atoms in total. The fourth-order valence-electron chi connectivity index (χ4n) is 1.74. The Hall–Kier alpha value is -1.34. The highest BCUT2D eigenvalue weighted by molar-refractivity contribution is 9.10. The molecule has 1 atom stereocenters. The van der Waals surface area contributed by atoms with Gasteiger partial charge in [0, 0.05) is 10.9 Å². The fourth-order valence-corrected chi connectivity index (χ4v) is 2.24. The van der Waals surface area contributed by atoms with Gasteiger partial charge in [0.2, 0.25) is 5.91 Å². The zero-order chi connectivity index (χ0) is 10.8. The van der Waals surface area contributed by atoms with Crippen molar-refractivity contribution in [3.8, 4) is 6.07 Å². The molecule has 1 aliphatic heterocycles. The number of halogens is 1. The third-order valence-corrected chi connectivity index (χ3v) is 3.18. The molecule has 1 aromatic carbocycles. The van der Waals surface area contributed by atoms with E-state index in [2.05, 4.69) is 21.2 Å². The zero-order valence-corrected chi connectivity index (χ0v) is 9.54. The minimum absolute atomic E-state index is 0.0593. The number of amides is 1. The van der Waals surface area contributed by atoms with E-state index >= 15 is 0 Å². The number of nitrogens with zero attached hydrogens (tertiary/aromatic N) is 1. The monoisotopic (exact) mass is 264 g/mol. The molecule has 0 saturated carbocycles. The molecule has 0 aromatic heterocycles. The Balaban J connectivity index is 2.35. The Morgan fingerprint density at radius 2 is 2.40 bits per heavy atom. The van der Waals surface area contributed by atoms with E-state index in [9.17, 15) is 4.79 Å². The van der Waals surface area contributed by atoms with Crippen LogP contribution in [-0.4, -0.2) is 5.91 Å². The summed E-state index contributed by atoms with van der Waals surface area (Å²) in [4.78, 5) is 11.6. The van der Waals surface area contributed by atoms with Crippen LogP contribution in [0.5, 0.6) is 0 Å². The normalized spacial score (nSPS) is 18.9. The molecule has 1 amide bonds. The largest absolute Gasteiger partial charge is 0.325 e. The standard InChI is InChI=1S/C11H9BrN2O/c12-9-3-1-2-7-6-8(4-5-13)11(15)14-10(7)9/h1-3,8H,4,6H2,(H,14,15). The quantitative estimate of drug-likeness (QED) is 0.848. The third-order valence-electron chi connectivity index (χ3n) is 2.52. The second-order valence-corrected chi connectivity index (χ2v) is 4.38. The maximum Gasteiger partial charge on any atom is 0.228 e. The van der Waals surface area contributed by atoms with E-state index in [4.69, 9.17) is 5.26 Å². The number of rotatable bonds is 1. The molecular formula is C11H9BrN2O. The van der Waals surface area contributed by atoms with Crippen LogP contribution in [0.25, 0.3) is 0 Å². The number of para-hydroxylation sites is 1. The Kier molecular flexibility index (Phi) is 2.74. The van der Waals surface area contributed by atoms with Crippen LogP contribution < -0.4 is 5.32 Å². The summed E-state index contributed by atoms with van der Waals surface area (Å²) in [6.07, 6.45) is 0.923. The number of carbonyl (C=O) groups is 1. The molecule has 0 aliphatic carbocycles. The molecule has 0 saturated heterocycles. The van der Waals surface area contributed by atoms with Crippen molar-refractivity contribution in [2.45, 2.75) is 12.8 Å². The van der Waals surface area contributed by atoms with E-state index in [1.807, 2.05) is 24.3 Å². The highest BCUT2D eigenvalue weighted by atomic mass is 79.9. The van der Waals surface area contributed by atoms with Gasteiger partial charge in [-0.25, -0.2) is 0 Å². The second-order valence-electron chi connectivity index (χ2n) is 3.53. The fraction of sp³-hybridized carbons (Fsp3) is 0.273. The molecule has 2 rings (SSSR count). The zero-order valence-electron chi connectivity index (χ0n) is 7.96. The van der Waals surface area contributed by atoms with Gasteiger partial charge in [0.15, 0.2) is 0 Å². The smallest absolute Gasteiger partial charge is 0.228 e. The summed E-state index contributed by atoms with van der Waals surface area (Å²) in [5.41, 5.74) is 1.93. The number of nitriles is 1. The Morgan fingerprint density at radius 3 is 3.13 bits per heavy atom. The topological polar surface area (TPSA) is 52.9 Å². The molecule has 0 radical (unpaired) electrons. The van der Waals surface area contributed by atoms with Crippen molar-refractivity contribution in [2.75, 3.05) is 5.32 Å². The average molecular weight is 265 g/mol. The highest BCUT2D eigenvalue weighted by Gasteiger charge is 2.26. The van der Waals surface area contributed by atoms with Crippen LogP contribution in [0.4, 0.5) is 5.69 Å². The van der Waals surface area contributed by atoms with Crippen molar-refractivity contribution in [3.63, 3.8) is 0 Å². The number of nitrogens with one attached hydrogen (secondary N) is 1. The first-order chi connectivity index (χ1) is 7.22. The molecule has 0 fully saturated rings. The Bertz CT molecular complexity index is 450. The van der Waals surface area contributed by atoms with E-state index in [-0.39, 0.29) is 18.2 Å². The van der Waals surface area contributed by atoms with Crippen molar-refractivity contribution in [3.05, 3.63) is 28.2 Å². The van der Waals surface area contributed by atoms with E-state index in [0.29, 0.717) is 6.42 Å². The van der Waals surface area contributed by atoms with Crippen molar-refractivity contribution in [1.82, 2.24) is 0 Å². The molecular weight excluding hydrogens is 256 g/mol.